The Hall–Kier alpha value is -1.43. The molecule has 0 bridgehead atoms. The van der Waals surface area contributed by atoms with Crippen molar-refractivity contribution in [3.05, 3.63) is 23.6 Å². The summed E-state index contributed by atoms with van der Waals surface area (Å²) >= 11 is 0. The van der Waals surface area contributed by atoms with Gasteiger partial charge in [-0.1, -0.05) is 19.8 Å². The number of halogens is 1. The summed E-state index contributed by atoms with van der Waals surface area (Å²) in [5.74, 6) is -1.18. The minimum Gasteiger partial charge on any atom is -0.293 e. The molecular formula is C14H16FNO. The monoisotopic (exact) mass is 233 g/mol. The van der Waals surface area contributed by atoms with Crippen molar-refractivity contribution in [1.29, 1.82) is 5.26 Å². The Kier molecular flexibility index (Phi) is 3.42. The van der Waals surface area contributed by atoms with Gasteiger partial charge >= 0.3 is 0 Å². The highest BCUT2D eigenvalue weighted by Crippen LogP contribution is 2.36. The molecule has 1 fully saturated rings. The van der Waals surface area contributed by atoms with E-state index in [9.17, 15) is 9.18 Å². The number of carbonyl (C=O) groups is 1. The summed E-state index contributed by atoms with van der Waals surface area (Å²) in [4.78, 5) is 11.6. The highest BCUT2D eigenvalue weighted by atomic mass is 19.1. The average molecular weight is 233 g/mol. The quantitative estimate of drug-likeness (QED) is 0.697. The van der Waals surface area contributed by atoms with Crippen LogP contribution in [0.2, 0.25) is 0 Å². The second-order valence-electron chi connectivity index (χ2n) is 5.09. The molecule has 2 aliphatic carbocycles. The Morgan fingerprint density at radius 1 is 1.29 bits per heavy atom. The van der Waals surface area contributed by atoms with Gasteiger partial charge in [-0.05, 0) is 42.4 Å². The predicted molar refractivity (Wildman–Crippen MR) is 62.5 cm³/mol. The van der Waals surface area contributed by atoms with Crippen molar-refractivity contribution in [1.82, 2.24) is 0 Å². The van der Waals surface area contributed by atoms with Crippen LogP contribution >= 0.6 is 0 Å². The van der Waals surface area contributed by atoms with Crippen molar-refractivity contribution in [2.45, 2.75) is 32.6 Å². The Morgan fingerprint density at radius 2 is 1.94 bits per heavy atom. The van der Waals surface area contributed by atoms with Gasteiger partial charge in [0.05, 0.1) is 6.07 Å². The van der Waals surface area contributed by atoms with Crippen molar-refractivity contribution in [2.24, 2.45) is 17.8 Å². The topological polar surface area (TPSA) is 40.9 Å². The zero-order chi connectivity index (χ0) is 12.4. The third kappa shape index (κ3) is 2.46. The van der Waals surface area contributed by atoms with Gasteiger partial charge in [0.1, 0.15) is 5.83 Å². The largest absolute Gasteiger partial charge is 0.293 e. The molecule has 90 valence electrons. The van der Waals surface area contributed by atoms with Crippen LogP contribution in [0.1, 0.15) is 32.6 Å². The van der Waals surface area contributed by atoms with Crippen LogP contribution in [0.5, 0.6) is 0 Å². The van der Waals surface area contributed by atoms with Gasteiger partial charge in [0.25, 0.3) is 0 Å². The van der Waals surface area contributed by atoms with E-state index in [4.69, 9.17) is 5.26 Å². The number of carbonyl (C=O) groups excluding carboxylic acids is 1. The number of nitriles is 1. The molecular weight excluding hydrogens is 217 g/mol. The van der Waals surface area contributed by atoms with E-state index in [0.717, 1.165) is 37.2 Å². The van der Waals surface area contributed by atoms with E-state index in [1.165, 1.54) is 12.2 Å². The zero-order valence-electron chi connectivity index (χ0n) is 9.95. The maximum atomic E-state index is 13.6. The van der Waals surface area contributed by atoms with E-state index in [1.54, 1.807) is 6.07 Å². The van der Waals surface area contributed by atoms with E-state index in [1.807, 2.05) is 0 Å². The molecule has 0 aliphatic heterocycles. The Morgan fingerprint density at radius 3 is 2.47 bits per heavy atom. The molecule has 1 atom stereocenters. The maximum absolute atomic E-state index is 13.6. The normalized spacial score (nSPS) is 33.7. The molecule has 2 rings (SSSR count). The molecule has 17 heavy (non-hydrogen) atoms. The molecule has 0 saturated heterocycles. The minimum absolute atomic E-state index is 0.292. The van der Waals surface area contributed by atoms with Gasteiger partial charge in [-0.3, -0.25) is 4.79 Å². The molecule has 2 aliphatic rings. The summed E-state index contributed by atoms with van der Waals surface area (Å²) in [7, 11) is 0. The highest BCUT2D eigenvalue weighted by molar-refractivity contribution is 5.97. The number of rotatable bonds is 1. The van der Waals surface area contributed by atoms with Crippen molar-refractivity contribution in [2.75, 3.05) is 0 Å². The van der Waals surface area contributed by atoms with E-state index < -0.39 is 17.5 Å². The Labute approximate surface area is 101 Å². The summed E-state index contributed by atoms with van der Waals surface area (Å²) in [5, 5.41) is 8.68. The molecule has 0 radical (unpaired) electrons. The SMILES string of the molecule is CC1CCC(C2=CC(=O)C(C#N)C(F)=C2)CC1. The van der Waals surface area contributed by atoms with Gasteiger partial charge in [-0.15, -0.1) is 0 Å². The molecule has 0 aromatic carbocycles. The summed E-state index contributed by atoms with van der Waals surface area (Å²) in [6, 6.07) is 1.70. The number of hydrogen-bond acceptors (Lipinski definition) is 2. The molecule has 0 N–H and O–H groups in total. The van der Waals surface area contributed by atoms with E-state index in [0.29, 0.717) is 5.92 Å². The third-order valence-electron chi connectivity index (χ3n) is 3.79. The third-order valence-corrected chi connectivity index (χ3v) is 3.79. The lowest BCUT2D eigenvalue weighted by atomic mass is 9.77. The van der Waals surface area contributed by atoms with Gasteiger partial charge in [-0.2, -0.15) is 5.26 Å². The number of ketones is 1. The van der Waals surface area contributed by atoms with Crippen LogP contribution in [0.4, 0.5) is 4.39 Å². The second-order valence-corrected chi connectivity index (χ2v) is 5.09. The first-order valence-corrected chi connectivity index (χ1v) is 6.14. The summed E-state index contributed by atoms with van der Waals surface area (Å²) in [6.45, 7) is 2.22. The van der Waals surface area contributed by atoms with Crippen LogP contribution in [0, 0.1) is 29.1 Å². The van der Waals surface area contributed by atoms with Gasteiger partial charge in [-0.25, -0.2) is 4.39 Å². The summed E-state index contributed by atoms with van der Waals surface area (Å²) in [6.07, 6.45) is 7.16. The molecule has 0 heterocycles. The van der Waals surface area contributed by atoms with E-state index in [-0.39, 0.29) is 0 Å². The first-order valence-electron chi connectivity index (χ1n) is 6.14. The number of allylic oxidation sites excluding steroid dienone is 4. The lowest BCUT2D eigenvalue weighted by Gasteiger charge is -2.28. The standard InChI is InChI=1S/C14H16FNO/c1-9-2-4-10(5-3-9)11-6-13(15)12(8-16)14(17)7-11/h6-7,9-10,12H,2-5H2,1H3. The smallest absolute Gasteiger partial charge is 0.179 e. The minimum atomic E-state index is -1.21. The van der Waals surface area contributed by atoms with Gasteiger partial charge in [0, 0.05) is 0 Å². The molecule has 0 aromatic heterocycles. The van der Waals surface area contributed by atoms with Crippen molar-refractivity contribution in [3.8, 4) is 6.07 Å². The molecule has 0 amide bonds. The Bertz CT molecular complexity index is 422. The van der Waals surface area contributed by atoms with E-state index >= 15 is 0 Å². The predicted octanol–water partition coefficient (Wildman–Crippen LogP) is 3.31. The fourth-order valence-electron chi connectivity index (χ4n) is 2.62. The molecule has 1 saturated carbocycles. The molecule has 0 spiro atoms. The van der Waals surface area contributed by atoms with Crippen LogP contribution < -0.4 is 0 Å². The molecule has 1 unspecified atom stereocenters. The fraction of sp³-hybridized carbons (Fsp3) is 0.571. The van der Waals surface area contributed by atoms with Crippen LogP contribution in [-0.4, -0.2) is 5.78 Å². The number of nitrogens with zero attached hydrogens (tertiary/aromatic N) is 1. The summed E-state index contributed by atoms with van der Waals surface area (Å²) in [5.41, 5.74) is 0.783. The van der Waals surface area contributed by atoms with Gasteiger partial charge in [0.15, 0.2) is 11.7 Å². The lowest BCUT2D eigenvalue weighted by Crippen LogP contribution is -2.20. The first kappa shape index (κ1) is 12.0. The zero-order valence-corrected chi connectivity index (χ0v) is 9.95. The lowest BCUT2D eigenvalue weighted by molar-refractivity contribution is -0.116. The molecule has 0 aromatic rings. The van der Waals surface area contributed by atoms with Crippen LogP contribution in [0.25, 0.3) is 0 Å². The molecule has 2 nitrogen and oxygen atoms in total. The summed E-state index contributed by atoms with van der Waals surface area (Å²) < 4.78 is 13.6. The fourth-order valence-corrected chi connectivity index (χ4v) is 2.62. The second kappa shape index (κ2) is 4.83. The van der Waals surface area contributed by atoms with Crippen LogP contribution in [0.3, 0.4) is 0 Å². The van der Waals surface area contributed by atoms with Crippen molar-refractivity contribution in [3.63, 3.8) is 0 Å². The number of hydrogen-bond donors (Lipinski definition) is 0. The maximum Gasteiger partial charge on any atom is 0.179 e. The highest BCUT2D eigenvalue weighted by Gasteiger charge is 2.29. The van der Waals surface area contributed by atoms with Crippen molar-refractivity contribution < 1.29 is 9.18 Å². The van der Waals surface area contributed by atoms with Crippen molar-refractivity contribution >= 4 is 5.78 Å². The van der Waals surface area contributed by atoms with Gasteiger partial charge in [0.2, 0.25) is 0 Å². The average Bonchev–Trinajstić information content (AvgIpc) is 2.29. The van der Waals surface area contributed by atoms with Gasteiger partial charge < -0.3 is 0 Å². The van der Waals surface area contributed by atoms with Crippen LogP contribution in [0.15, 0.2) is 23.6 Å². The Balaban J connectivity index is 2.14. The van der Waals surface area contributed by atoms with Crippen LogP contribution in [-0.2, 0) is 4.79 Å². The molecule has 3 heteroatoms. The first-order chi connectivity index (χ1) is 8.11. The van der Waals surface area contributed by atoms with E-state index in [2.05, 4.69) is 6.92 Å².